The summed E-state index contributed by atoms with van der Waals surface area (Å²) in [7, 11) is -2.19. The van der Waals surface area contributed by atoms with E-state index in [1.165, 1.54) is 83.5 Å². The summed E-state index contributed by atoms with van der Waals surface area (Å²) >= 11 is 4.40. The molecule has 0 aliphatic heterocycles. The molecule has 0 amide bonds. The molecule has 0 aliphatic rings. The average molecular weight is 548 g/mol. The van der Waals surface area contributed by atoms with Crippen LogP contribution in [0.2, 0.25) is 0 Å². The Balaban J connectivity index is 2.14. The third-order valence-electron chi connectivity index (χ3n) is 6.18. The second kappa shape index (κ2) is 19.7. The van der Waals surface area contributed by atoms with Gasteiger partial charge in [0.15, 0.2) is 18.2 Å². The molecular formula is C27H46FNO5S2. The molecule has 6 nitrogen and oxygen atoms in total. The fourth-order valence-corrected chi connectivity index (χ4v) is 5.44. The molecule has 0 aromatic heterocycles. The van der Waals surface area contributed by atoms with E-state index in [2.05, 4.69) is 29.0 Å². The lowest BCUT2D eigenvalue weighted by Gasteiger charge is -2.14. The van der Waals surface area contributed by atoms with Crippen LogP contribution in [0.1, 0.15) is 108 Å². The first-order valence-electron chi connectivity index (χ1n) is 13.4. The van der Waals surface area contributed by atoms with Gasteiger partial charge in [-0.15, -0.1) is 0 Å². The van der Waals surface area contributed by atoms with Gasteiger partial charge in [0, 0.05) is 11.8 Å². The Hall–Kier alpha value is -1.32. The van der Waals surface area contributed by atoms with Gasteiger partial charge in [-0.2, -0.15) is 12.6 Å². The molecule has 1 aromatic carbocycles. The first kappa shape index (κ1) is 32.7. The van der Waals surface area contributed by atoms with Crippen molar-refractivity contribution in [3.63, 3.8) is 0 Å². The molecule has 0 saturated heterocycles. The van der Waals surface area contributed by atoms with Gasteiger partial charge >= 0.3 is 5.97 Å². The Morgan fingerprint density at radius 1 is 0.944 bits per heavy atom. The third-order valence-corrected chi connectivity index (χ3v) is 8.09. The Morgan fingerprint density at radius 2 is 1.47 bits per heavy atom. The molecule has 1 aromatic rings. The zero-order valence-electron chi connectivity index (χ0n) is 22.1. The second-order valence-electron chi connectivity index (χ2n) is 9.33. The number of unbranched alkanes of at least 4 members (excludes halogenated alkanes) is 13. The number of hydrogen-bond donors (Lipinski definition) is 2. The Morgan fingerprint density at radius 3 is 1.97 bits per heavy atom. The lowest BCUT2D eigenvalue weighted by atomic mass is 10.0. The smallest absolute Gasteiger partial charge is 0.343 e. The number of nitrogens with one attached hydrogen (secondary N) is 1. The maximum atomic E-state index is 14.2. The van der Waals surface area contributed by atoms with Crippen LogP contribution in [0, 0.1) is 5.82 Å². The highest BCUT2D eigenvalue weighted by Gasteiger charge is 2.16. The van der Waals surface area contributed by atoms with Gasteiger partial charge in [0.25, 0.3) is 0 Å². The molecule has 0 spiro atoms. The highest BCUT2D eigenvalue weighted by molar-refractivity contribution is 7.89. The number of rotatable bonds is 22. The first-order chi connectivity index (χ1) is 17.3. The molecule has 0 fully saturated rings. The van der Waals surface area contributed by atoms with E-state index in [9.17, 15) is 17.6 Å². The second-order valence-corrected chi connectivity index (χ2v) is 11.9. The van der Waals surface area contributed by atoms with Crippen molar-refractivity contribution in [3.8, 4) is 5.75 Å². The lowest BCUT2D eigenvalue weighted by molar-refractivity contribution is -0.142. The summed E-state index contributed by atoms with van der Waals surface area (Å²) in [6.07, 6.45) is 17.0. The SMILES string of the molecule is CCCCCCCCCCCCCCCCS(=O)(=O)NCC(S)c1ccc(OCC(=O)OC)c(F)c1. The van der Waals surface area contributed by atoms with Crippen LogP contribution in [0.3, 0.4) is 0 Å². The van der Waals surface area contributed by atoms with Crippen molar-refractivity contribution in [2.24, 2.45) is 0 Å². The third kappa shape index (κ3) is 15.7. The van der Waals surface area contributed by atoms with E-state index in [0.29, 0.717) is 12.0 Å². The summed E-state index contributed by atoms with van der Waals surface area (Å²) in [4.78, 5) is 11.1. The highest BCUT2D eigenvalue weighted by atomic mass is 32.2. The summed E-state index contributed by atoms with van der Waals surface area (Å²) < 4.78 is 50.9. The fourth-order valence-electron chi connectivity index (χ4n) is 3.92. The van der Waals surface area contributed by atoms with E-state index in [4.69, 9.17) is 4.74 Å². The number of benzene rings is 1. The zero-order valence-corrected chi connectivity index (χ0v) is 23.8. The van der Waals surface area contributed by atoms with Crippen LogP contribution < -0.4 is 9.46 Å². The van der Waals surface area contributed by atoms with Crippen LogP contribution in [-0.4, -0.2) is 40.4 Å². The quantitative estimate of drug-likeness (QED) is 0.0953. The van der Waals surface area contributed by atoms with Crippen molar-refractivity contribution in [1.82, 2.24) is 4.72 Å². The van der Waals surface area contributed by atoms with Gasteiger partial charge < -0.3 is 9.47 Å². The van der Waals surface area contributed by atoms with Crippen molar-refractivity contribution >= 4 is 28.6 Å². The summed E-state index contributed by atoms with van der Waals surface area (Å²) in [6.45, 7) is 1.91. The normalized spacial score (nSPS) is 12.4. The topological polar surface area (TPSA) is 81.7 Å². The van der Waals surface area contributed by atoms with Crippen LogP contribution in [0.25, 0.3) is 0 Å². The number of halogens is 1. The van der Waals surface area contributed by atoms with E-state index in [1.54, 1.807) is 6.07 Å². The highest BCUT2D eigenvalue weighted by Crippen LogP contribution is 2.25. The number of esters is 1. The number of carbonyl (C=O) groups excluding carboxylic acids is 1. The van der Waals surface area contributed by atoms with Crippen LogP contribution in [0.4, 0.5) is 4.39 Å². The summed E-state index contributed by atoms with van der Waals surface area (Å²) in [6, 6.07) is 4.21. The molecule has 36 heavy (non-hydrogen) atoms. The number of hydrogen-bond acceptors (Lipinski definition) is 6. The van der Waals surface area contributed by atoms with E-state index >= 15 is 0 Å². The number of carbonyl (C=O) groups is 1. The summed E-state index contributed by atoms with van der Waals surface area (Å²) in [5.41, 5.74) is 0.514. The molecule has 0 radical (unpaired) electrons. The van der Waals surface area contributed by atoms with Gasteiger partial charge in [0.1, 0.15) is 0 Å². The van der Waals surface area contributed by atoms with E-state index in [1.807, 2.05) is 0 Å². The summed E-state index contributed by atoms with van der Waals surface area (Å²) in [5.74, 6) is -1.26. The maximum absolute atomic E-state index is 14.2. The Kier molecular flexibility index (Phi) is 17.9. The zero-order chi connectivity index (χ0) is 26.7. The molecule has 1 unspecified atom stereocenters. The number of ether oxygens (including phenoxy) is 2. The molecule has 1 rings (SSSR count). The van der Waals surface area contributed by atoms with Crippen molar-refractivity contribution in [2.45, 2.75) is 102 Å². The maximum Gasteiger partial charge on any atom is 0.343 e. The first-order valence-corrected chi connectivity index (χ1v) is 15.6. The van der Waals surface area contributed by atoms with E-state index in [-0.39, 0.29) is 18.0 Å². The molecule has 1 N–H and O–H groups in total. The number of methoxy groups -OCH3 is 1. The van der Waals surface area contributed by atoms with Crippen LogP contribution in [0.15, 0.2) is 18.2 Å². The molecule has 0 heterocycles. The average Bonchev–Trinajstić information content (AvgIpc) is 2.86. The van der Waals surface area contributed by atoms with Crippen molar-refractivity contribution in [1.29, 1.82) is 0 Å². The van der Waals surface area contributed by atoms with Crippen LogP contribution in [0.5, 0.6) is 5.75 Å². The number of sulfonamides is 1. The monoisotopic (exact) mass is 547 g/mol. The molecule has 0 bridgehead atoms. The Labute approximate surface area is 223 Å². The van der Waals surface area contributed by atoms with E-state index < -0.39 is 33.7 Å². The molecular weight excluding hydrogens is 501 g/mol. The van der Waals surface area contributed by atoms with E-state index in [0.717, 1.165) is 19.3 Å². The fraction of sp³-hybridized carbons (Fsp3) is 0.741. The largest absolute Gasteiger partial charge is 0.479 e. The molecule has 0 aliphatic carbocycles. The van der Waals surface area contributed by atoms with Crippen molar-refractivity contribution in [3.05, 3.63) is 29.6 Å². The molecule has 9 heteroatoms. The standard InChI is InChI=1S/C27H46FNO5S2/c1-3-4-5-6-7-8-9-10-11-12-13-14-15-16-19-36(31,32)29-21-26(35)23-17-18-25(24(28)20-23)34-22-27(30)33-2/h17-18,20,26,29,35H,3-16,19,21-22H2,1-2H3. The van der Waals surface area contributed by atoms with Gasteiger partial charge in [-0.1, -0.05) is 96.5 Å². The van der Waals surface area contributed by atoms with Crippen LogP contribution in [-0.2, 0) is 19.6 Å². The minimum atomic E-state index is -3.41. The molecule has 0 saturated carbocycles. The van der Waals surface area contributed by atoms with Gasteiger partial charge in [-0.3, -0.25) is 0 Å². The van der Waals surface area contributed by atoms with Gasteiger partial charge in [0.2, 0.25) is 10.0 Å². The van der Waals surface area contributed by atoms with Crippen molar-refractivity contribution in [2.75, 3.05) is 26.0 Å². The minimum absolute atomic E-state index is 0.0614. The molecule has 1 atom stereocenters. The predicted octanol–water partition coefficient (Wildman–Crippen LogP) is 6.75. The number of thiol groups is 1. The molecule has 208 valence electrons. The predicted molar refractivity (Wildman–Crippen MR) is 148 cm³/mol. The van der Waals surface area contributed by atoms with Gasteiger partial charge in [0.05, 0.1) is 12.9 Å². The van der Waals surface area contributed by atoms with Gasteiger partial charge in [-0.05, 0) is 24.1 Å². The summed E-state index contributed by atoms with van der Waals surface area (Å²) in [5, 5.41) is -0.514. The van der Waals surface area contributed by atoms with Gasteiger partial charge in [-0.25, -0.2) is 22.3 Å². The minimum Gasteiger partial charge on any atom is -0.479 e. The Bertz CT molecular complexity index is 835. The van der Waals surface area contributed by atoms with Crippen LogP contribution >= 0.6 is 12.6 Å². The lowest BCUT2D eigenvalue weighted by Crippen LogP contribution is -2.29. The van der Waals surface area contributed by atoms with Crippen molar-refractivity contribution < 1.29 is 27.1 Å².